The molecular formula is C45H66NO3PS. The lowest BCUT2D eigenvalue weighted by Gasteiger charge is -2.41. The van der Waals surface area contributed by atoms with Gasteiger partial charge in [0, 0.05) is 16.4 Å². The fourth-order valence-electron chi connectivity index (χ4n) is 8.03. The molecule has 2 aliphatic carbocycles. The molecule has 0 unspecified atom stereocenters. The average molecular weight is 732 g/mol. The van der Waals surface area contributed by atoms with Gasteiger partial charge in [-0.3, -0.25) is 0 Å². The molecular weight excluding hydrogens is 666 g/mol. The van der Waals surface area contributed by atoms with E-state index in [0.29, 0.717) is 17.9 Å². The Bertz CT molecular complexity index is 1550. The van der Waals surface area contributed by atoms with Crippen LogP contribution in [0.3, 0.4) is 0 Å². The predicted octanol–water partition coefficient (Wildman–Crippen LogP) is 11.8. The van der Waals surface area contributed by atoms with E-state index in [-0.39, 0.29) is 16.9 Å². The van der Waals surface area contributed by atoms with Crippen LogP contribution in [0.25, 0.3) is 0 Å². The van der Waals surface area contributed by atoms with Crippen molar-refractivity contribution in [1.29, 1.82) is 0 Å². The van der Waals surface area contributed by atoms with Gasteiger partial charge in [0.25, 0.3) is 0 Å². The summed E-state index contributed by atoms with van der Waals surface area (Å²) in [6.45, 7) is 20.4. The molecule has 0 heterocycles. The fraction of sp³-hybridized carbons (Fsp3) is 0.600. The van der Waals surface area contributed by atoms with Gasteiger partial charge in [0.05, 0.1) is 28.9 Å². The zero-order valence-electron chi connectivity index (χ0n) is 33.4. The standard InChI is InChI=1S/C45H66NO3PS/c1-43(2,3)37-29-33(30-38(41(37)48-10)44(4,5)6)40(46-51(47)45(7,8)9)36-27-20-28-39(49-31-32-21-14-11-15-22-32)42(36)50(34-23-16-12-17-24-34)35-25-18-13-19-26-35/h11,14-15,20-22,27-30,34-35,40,46H,12-13,16-19,23-26,31H2,1-10H3/t40-,51-/m0/s1. The predicted molar refractivity (Wildman–Crippen MR) is 221 cm³/mol. The van der Waals surface area contributed by atoms with E-state index in [1.807, 2.05) is 0 Å². The summed E-state index contributed by atoms with van der Waals surface area (Å²) in [5.41, 5.74) is 6.97. The molecule has 0 aliphatic heterocycles. The molecule has 2 atom stereocenters. The van der Waals surface area contributed by atoms with Gasteiger partial charge in [-0.1, -0.05) is 130 Å². The maximum Gasteiger partial charge on any atom is 0.127 e. The SMILES string of the molecule is COc1c(C(C)(C)C)cc([C@H](N[S@@](=O)C(C)(C)C)c2cccc(OCc3ccccc3)c2P(C2CCCCC2)C2CCCCC2)cc1C(C)(C)C. The molecule has 3 aromatic rings. The second-order valence-electron chi connectivity index (χ2n) is 18.0. The van der Waals surface area contributed by atoms with Crippen LogP contribution in [0, 0.1) is 0 Å². The van der Waals surface area contributed by atoms with Gasteiger partial charge >= 0.3 is 0 Å². The van der Waals surface area contributed by atoms with Gasteiger partial charge in [-0.05, 0) is 103 Å². The van der Waals surface area contributed by atoms with Crippen LogP contribution in [0.15, 0.2) is 60.7 Å². The third-order valence-corrected chi connectivity index (χ3v) is 16.0. The second kappa shape index (κ2) is 16.9. The highest BCUT2D eigenvalue weighted by molar-refractivity contribution is 7.84. The molecule has 280 valence electrons. The summed E-state index contributed by atoms with van der Waals surface area (Å²) in [6, 6.07) is 21.7. The maximum absolute atomic E-state index is 14.3. The van der Waals surface area contributed by atoms with Crippen molar-refractivity contribution in [2.24, 2.45) is 0 Å². The third-order valence-electron chi connectivity index (χ3n) is 10.8. The van der Waals surface area contributed by atoms with Crippen LogP contribution in [0.1, 0.15) is 160 Å². The smallest absolute Gasteiger partial charge is 0.127 e. The maximum atomic E-state index is 14.3. The number of hydrogen-bond acceptors (Lipinski definition) is 3. The Morgan fingerprint density at radius 3 is 1.75 bits per heavy atom. The van der Waals surface area contributed by atoms with E-state index < -0.39 is 23.7 Å². The summed E-state index contributed by atoms with van der Waals surface area (Å²) in [5.74, 6) is 1.98. The molecule has 1 N–H and O–H groups in total. The number of benzene rings is 3. The van der Waals surface area contributed by atoms with Crippen LogP contribution < -0.4 is 19.5 Å². The Hall–Kier alpha value is -2.20. The molecule has 5 rings (SSSR count). The molecule has 0 aromatic heterocycles. The van der Waals surface area contributed by atoms with Crippen molar-refractivity contribution < 1.29 is 13.7 Å². The monoisotopic (exact) mass is 731 g/mol. The molecule has 2 aliphatic rings. The van der Waals surface area contributed by atoms with Crippen LogP contribution in [-0.2, 0) is 28.4 Å². The number of methoxy groups -OCH3 is 1. The summed E-state index contributed by atoms with van der Waals surface area (Å²) < 4.78 is 30.9. The van der Waals surface area contributed by atoms with Crippen molar-refractivity contribution in [3.05, 3.63) is 88.5 Å². The van der Waals surface area contributed by atoms with Gasteiger partial charge in [0.1, 0.15) is 18.1 Å². The van der Waals surface area contributed by atoms with Crippen molar-refractivity contribution in [1.82, 2.24) is 4.72 Å². The van der Waals surface area contributed by atoms with Crippen LogP contribution >= 0.6 is 7.92 Å². The summed E-state index contributed by atoms with van der Waals surface area (Å²) >= 11 is 0. The van der Waals surface area contributed by atoms with E-state index in [1.165, 1.54) is 91.8 Å². The van der Waals surface area contributed by atoms with E-state index in [0.717, 1.165) is 17.1 Å². The molecule has 6 heteroatoms. The lowest BCUT2D eigenvalue weighted by atomic mass is 9.77. The molecule has 4 nitrogen and oxygen atoms in total. The molecule has 0 radical (unpaired) electrons. The van der Waals surface area contributed by atoms with Crippen molar-refractivity contribution in [2.75, 3.05) is 7.11 Å². The van der Waals surface area contributed by atoms with Crippen LogP contribution in [0.2, 0.25) is 0 Å². The Labute approximate surface area is 314 Å². The minimum absolute atomic E-state index is 0.157. The first-order chi connectivity index (χ1) is 24.1. The molecule has 0 amide bonds. The topological polar surface area (TPSA) is 47.6 Å². The molecule has 2 fully saturated rings. The Kier molecular flexibility index (Phi) is 13.2. The van der Waals surface area contributed by atoms with Crippen LogP contribution in [0.5, 0.6) is 11.5 Å². The largest absolute Gasteiger partial charge is 0.496 e. The first-order valence-electron chi connectivity index (χ1n) is 19.6. The van der Waals surface area contributed by atoms with Crippen molar-refractivity contribution in [3.63, 3.8) is 0 Å². The highest BCUT2D eigenvalue weighted by atomic mass is 32.2. The number of rotatable bonds is 11. The first-order valence-corrected chi connectivity index (χ1v) is 22.2. The van der Waals surface area contributed by atoms with E-state index in [1.54, 1.807) is 7.11 Å². The van der Waals surface area contributed by atoms with Crippen LogP contribution in [0.4, 0.5) is 0 Å². The van der Waals surface area contributed by atoms with Crippen molar-refractivity contribution in [2.45, 2.75) is 166 Å². The van der Waals surface area contributed by atoms with Gasteiger partial charge in [0.15, 0.2) is 0 Å². The van der Waals surface area contributed by atoms with E-state index in [4.69, 9.17) is 9.47 Å². The summed E-state index contributed by atoms with van der Waals surface area (Å²) in [5, 5.41) is 1.41. The first kappa shape index (κ1) is 40.0. The van der Waals surface area contributed by atoms with E-state index in [9.17, 15) is 4.21 Å². The van der Waals surface area contributed by atoms with Gasteiger partial charge < -0.3 is 9.47 Å². The summed E-state index contributed by atoms with van der Waals surface area (Å²) in [6.07, 6.45) is 13.1. The number of nitrogens with one attached hydrogen (secondary N) is 1. The zero-order chi connectivity index (χ0) is 37.0. The minimum Gasteiger partial charge on any atom is -0.496 e. The van der Waals surface area contributed by atoms with E-state index in [2.05, 4.69) is 128 Å². The van der Waals surface area contributed by atoms with Gasteiger partial charge in [0.2, 0.25) is 0 Å². The van der Waals surface area contributed by atoms with Gasteiger partial charge in [-0.25, -0.2) is 8.93 Å². The lowest BCUT2D eigenvalue weighted by molar-refractivity contribution is 0.308. The van der Waals surface area contributed by atoms with Crippen LogP contribution in [-0.4, -0.2) is 27.4 Å². The zero-order valence-corrected chi connectivity index (χ0v) is 35.1. The molecule has 0 saturated heterocycles. The highest BCUT2D eigenvalue weighted by Crippen LogP contribution is 2.58. The van der Waals surface area contributed by atoms with Gasteiger partial charge in [-0.15, -0.1) is 0 Å². The van der Waals surface area contributed by atoms with Crippen molar-refractivity contribution in [3.8, 4) is 11.5 Å². The highest BCUT2D eigenvalue weighted by Gasteiger charge is 2.39. The van der Waals surface area contributed by atoms with Gasteiger partial charge in [-0.2, -0.15) is 0 Å². The average Bonchev–Trinajstić information content (AvgIpc) is 3.09. The minimum atomic E-state index is -1.32. The molecule has 0 spiro atoms. The molecule has 2 saturated carbocycles. The Morgan fingerprint density at radius 1 is 0.745 bits per heavy atom. The molecule has 51 heavy (non-hydrogen) atoms. The van der Waals surface area contributed by atoms with Crippen molar-refractivity contribution >= 4 is 24.2 Å². The lowest BCUT2D eigenvalue weighted by Crippen LogP contribution is -2.39. The fourth-order valence-corrected chi connectivity index (χ4v) is 12.9. The summed E-state index contributed by atoms with van der Waals surface area (Å²) in [7, 11) is -0.0627. The molecule has 0 bridgehead atoms. The molecule has 3 aromatic carbocycles. The normalized spacial score (nSPS) is 18.1. The quantitative estimate of drug-likeness (QED) is 0.200. The Balaban J connectivity index is 1.80. The number of ether oxygens (including phenoxy) is 2. The number of hydrogen-bond donors (Lipinski definition) is 1. The Morgan fingerprint density at radius 2 is 1.27 bits per heavy atom. The van der Waals surface area contributed by atoms with E-state index >= 15 is 0 Å². The summed E-state index contributed by atoms with van der Waals surface area (Å²) in [4.78, 5) is 0. The third kappa shape index (κ3) is 9.87. The second-order valence-corrected chi connectivity index (χ2v) is 22.8.